The molecule has 0 aliphatic heterocycles. The third kappa shape index (κ3) is 2.01. The van der Waals surface area contributed by atoms with Gasteiger partial charge in [0.05, 0.1) is 6.04 Å². The molecule has 2 heterocycles. The molecule has 9 heteroatoms. The van der Waals surface area contributed by atoms with Crippen molar-refractivity contribution in [2.24, 2.45) is 14.1 Å². The Morgan fingerprint density at radius 1 is 1.39 bits per heavy atom. The smallest absolute Gasteiger partial charge is 0.358 e. The summed E-state index contributed by atoms with van der Waals surface area (Å²) in [5.41, 5.74) is 0. The summed E-state index contributed by atoms with van der Waals surface area (Å²) in [6, 6.07) is -0.216. The summed E-state index contributed by atoms with van der Waals surface area (Å²) in [6.45, 7) is 1.85. The predicted molar refractivity (Wildman–Crippen MR) is 62.9 cm³/mol. The Morgan fingerprint density at radius 2 is 2.11 bits per heavy atom. The Labute approximate surface area is 103 Å². The zero-order chi connectivity index (χ0) is 13.3. The molecular weight excluding hydrogens is 238 g/mol. The van der Waals surface area contributed by atoms with Crippen LogP contribution in [0.15, 0.2) is 12.7 Å². The fourth-order valence-corrected chi connectivity index (χ4v) is 1.67. The van der Waals surface area contributed by atoms with E-state index in [1.807, 2.05) is 14.0 Å². The third-order valence-corrected chi connectivity index (χ3v) is 2.58. The largest absolute Gasteiger partial charge is 0.406 e. The van der Waals surface area contributed by atoms with Gasteiger partial charge in [-0.3, -0.25) is 4.57 Å². The van der Waals surface area contributed by atoms with Gasteiger partial charge in [-0.15, -0.1) is 10.2 Å². The number of nitrogens with one attached hydrogen (secondary N) is 1. The van der Waals surface area contributed by atoms with Gasteiger partial charge in [0.1, 0.15) is 6.33 Å². The average Bonchev–Trinajstić information content (AvgIpc) is 2.86. The maximum Gasteiger partial charge on any atom is 0.406 e. The molecule has 0 fully saturated rings. The van der Waals surface area contributed by atoms with Gasteiger partial charge in [-0.25, -0.2) is 0 Å². The van der Waals surface area contributed by atoms with Gasteiger partial charge in [0, 0.05) is 14.1 Å². The first-order chi connectivity index (χ1) is 8.50. The van der Waals surface area contributed by atoms with Crippen LogP contribution in [-0.4, -0.2) is 29.2 Å². The average molecular weight is 251 g/mol. The standard InChI is InChI=1S/C9H13N7O2/c1-6(7-13-11-5-15(7)3)12-9-8(16(17)18)10-4-14(9)2/h4-6,12H,1-3H3. The second-order valence-electron chi connectivity index (χ2n) is 3.95. The van der Waals surface area contributed by atoms with E-state index in [1.54, 1.807) is 22.5 Å². The van der Waals surface area contributed by atoms with Gasteiger partial charge >= 0.3 is 5.82 Å². The van der Waals surface area contributed by atoms with E-state index in [0.29, 0.717) is 11.6 Å². The molecule has 0 amide bonds. The Balaban J connectivity index is 2.27. The van der Waals surface area contributed by atoms with Gasteiger partial charge in [0.2, 0.25) is 12.1 Å². The van der Waals surface area contributed by atoms with E-state index < -0.39 is 4.92 Å². The summed E-state index contributed by atoms with van der Waals surface area (Å²) in [4.78, 5) is 14.0. The van der Waals surface area contributed by atoms with Crippen LogP contribution in [0.1, 0.15) is 18.8 Å². The number of hydrogen-bond acceptors (Lipinski definition) is 6. The molecule has 96 valence electrons. The highest BCUT2D eigenvalue weighted by molar-refractivity contribution is 5.52. The minimum atomic E-state index is -0.522. The van der Waals surface area contributed by atoms with Crippen LogP contribution in [0.25, 0.3) is 0 Å². The number of nitro groups is 1. The number of nitrogens with zero attached hydrogens (tertiary/aromatic N) is 6. The zero-order valence-corrected chi connectivity index (χ0v) is 10.2. The molecule has 1 atom stereocenters. The van der Waals surface area contributed by atoms with Crippen molar-refractivity contribution >= 4 is 11.6 Å². The highest BCUT2D eigenvalue weighted by atomic mass is 16.6. The van der Waals surface area contributed by atoms with Crippen molar-refractivity contribution < 1.29 is 4.92 Å². The van der Waals surface area contributed by atoms with E-state index in [0.717, 1.165) is 0 Å². The lowest BCUT2D eigenvalue weighted by molar-refractivity contribution is -0.388. The minimum absolute atomic E-state index is 0.202. The van der Waals surface area contributed by atoms with Crippen LogP contribution in [0.3, 0.4) is 0 Å². The Hall–Kier alpha value is -2.45. The lowest BCUT2D eigenvalue weighted by atomic mass is 10.3. The van der Waals surface area contributed by atoms with Gasteiger partial charge in [0.25, 0.3) is 0 Å². The van der Waals surface area contributed by atoms with Gasteiger partial charge in [-0.1, -0.05) is 0 Å². The lowest BCUT2D eigenvalue weighted by Crippen LogP contribution is -2.14. The first kappa shape index (κ1) is 12.0. The molecule has 0 aliphatic carbocycles. The molecule has 0 aromatic carbocycles. The third-order valence-electron chi connectivity index (χ3n) is 2.58. The first-order valence-electron chi connectivity index (χ1n) is 5.27. The summed E-state index contributed by atoms with van der Waals surface area (Å²) >= 11 is 0. The maximum atomic E-state index is 10.8. The van der Waals surface area contributed by atoms with Crippen molar-refractivity contribution in [3.63, 3.8) is 0 Å². The topological polar surface area (TPSA) is 104 Å². The highest BCUT2D eigenvalue weighted by Gasteiger charge is 2.23. The molecule has 0 radical (unpaired) electrons. The molecule has 2 aromatic heterocycles. The number of imidazole rings is 1. The summed E-state index contributed by atoms with van der Waals surface area (Å²) in [5.74, 6) is 0.826. The summed E-state index contributed by atoms with van der Waals surface area (Å²) in [7, 11) is 3.50. The van der Waals surface area contributed by atoms with Crippen LogP contribution >= 0.6 is 0 Å². The Morgan fingerprint density at radius 3 is 2.67 bits per heavy atom. The van der Waals surface area contributed by atoms with Gasteiger partial charge < -0.3 is 20.0 Å². The first-order valence-corrected chi connectivity index (χ1v) is 5.27. The number of aryl methyl sites for hydroxylation is 2. The fraction of sp³-hybridized carbons (Fsp3) is 0.444. The fourth-order valence-electron chi connectivity index (χ4n) is 1.67. The van der Waals surface area contributed by atoms with E-state index in [-0.39, 0.29) is 11.9 Å². The predicted octanol–water partition coefficient (Wildman–Crippen LogP) is 0.630. The van der Waals surface area contributed by atoms with E-state index in [4.69, 9.17) is 0 Å². The van der Waals surface area contributed by atoms with Crippen LogP contribution in [0.4, 0.5) is 11.6 Å². The molecule has 0 bridgehead atoms. The van der Waals surface area contributed by atoms with Crippen molar-refractivity contribution in [1.29, 1.82) is 0 Å². The molecule has 18 heavy (non-hydrogen) atoms. The molecular formula is C9H13N7O2. The Kier molecular flexibility index (Phi) is 2.96. The normalized spacial score (nSPS) is 12.4. The quantitative estimate of drug-likeness (QED) is 0.631. The number of hydrogen-bond donors (Lipinski definition) is 1. The molecule has 2 aromatic rings. The molecule has 2 rings (SSSR count). The minimum Gasteiger partial charge on any atom is -0.358 e. The molecule has 0 aliphatic rings. The molecule has 0 saturated heterocycles. The van der Waals surface area contributed by atoms with E-state index in [1.165, 1.54) is 6.33 Å². The van der Waals surface area contributed by atoms with Crippen molar-refractivity contribution in [2.45, 2.75) is 13.0 Å². The van der Waals surface area contributed by atoms with Gasteiger partial charge in [0.15, 0.2) is 5.82 Å². The summed E-state index contributed by atoms with van der Waals surface area (Å²) in [6.07, 6.45) is 2.97. The van der Waals surface area contributed by atoms with Crippen LogP contribution < -0.4 is 5.32 Å². The van der Waals surface area contributed by atoms with E-state index in [2.05, 4.69) is 20.5 Å². The van der Waals surface area contributed by atoms with Crippen LogP contribution in [-0.2, 0) is 14.1 Å². The molecule has 1 unspecified atom stereocenters. The molecule has 0 saturated carbocycles. The summed E-state index contributed by atoms with van der Waals surface area (Å²) < 4.78 is 3.31. The second kappa shape index (κ2) is 4.43. The van der Waals surface area contributed by atoms with Gasteiger partial charge in [-0.05, 0) is 16.8 Å². The number of aromatic nitrogens is 5. The monoisotopic (exact) mass is 251 g/mol. The van der Waals surface area contributed by atoms with Crippen molar-refractivity contribution in [3.8, 4) is 0 Å². The van der Waals surface area contributed by atoms with Crippen molar-refractivity contribution in [1.82, 2.24) is 24.3 Å². The molecule has 0 spiro atoms. The molecule has 1 N–H and O–H groups in total. The van der Waals surface area contributed by atoms with Gasteiger partial charge in [-0.2, -0.15) is 0 Å². The second-order valence-corrected chi connectivity index (χ2v) is 3.95. The van der Waals surface area contributed by atoms with Crippen molar-refractivity contribution in [3.05, 3.63) is 28.6 Å². The van der Waals surface area contributed by atoms with E-state index >= 15 is 0 Å². The van der Waals surface area contributed by atoms with E-state index in [9.17, 15) is 10.1 Å². The van der Waals surface area contributed by atoms with Crippen LogP contribution in [0.2, 0.25) is 0 Å². The van der Waals surface area contributed by atoms with Crippen LogP contribution in [0, 0.1) is 10.1 Å². The lowest BCUT2D eigenvalue weighted by Gasteiger charge is -2.13. The SMILES string of the molecule is CC(Nc1c([N+](=O)[O-])ncn1C)c1nncn1C. The molecule has 9 nitrogen and oxygen atoms in total. The summed E-state index contributed by atoms with van der Waals surface area (Å²) in [5, 5.41) is 21.6. The number of anilines is 1. The Bertz CT molecular complexity index is 573. The van der Waals surface area contributed by atoms with Crippen molar-refractivity contribution in [2.75, 3.05) is 5.32 Å². The highest BCUT2D eigenvalue weighted by Crippen LogP contribution is 2.25. The van der Waals surface area contributed by atoms with Crippen LogP contribution in [0.5, 0.6) is 0 Å². The maximum absolute atomic E-state index is 10.8. The zero-order valence-electron chi connectivity index (χ0n) is 10.2. The number of rotatable bonds is 4.